The number of ketones is 1. The third-order valence-electron chi connectivity index (χ3n) is 9.95. The fourth-order valence-electron chi connectivity index (χ4n) is 7.51. The number of hydrogen-bond donors (Lipinski definition) is 1. The van der Waals surface area contributed by atoms with E-state index in [9.17, 15) is 14.4 Å². The van der Waals surface area contributed by atoms with E-state index >= 15 is 0 Å². The molecule has 240 valence electrons. The summed E-state index contributed by atoms with van der Waals surface area (Å²) < 4.78 is 12.8. The number of ether oxygens (including phenoxy) is 2. The lowest BCUT2D eigenvalue weighted by Gasteiger charge is -2.37. The summed E-state index contributed by atoms with van der Waals surface area (Å²) in [7, 11) is 0. The van der Waals surface area contributed by atoms with Crippen molar-refractivity contribution in [2.45, 2.75) is 123 Å². The molecule has 0 radical (unpaired) electrons. The molecule has 1 N–H and O–H groups in total. The fraction of sp³-hybridized carbons (Fsp3) is 0.676. The maximum atomic E-state index is 14.3. The Morgan fingerprint density at radius 3 is 2.57 bits per heavy atom. The largest absolute Gasteiger partial charge is 0.471 e. The third-order valence-corrected chi connectivity index (χ3v) is 10.2. The molecule has 0 spiro atoms. The Labute approximate surface area is 265 Å². The van der Waals surface area contributed by atoms with E-state index in [1.54, 1.807) is 11.0 Å². The molecular weight excluding hydrogens is 580 g/mol. The van der Waals surface area contributed by atoms with Gasteiger partial charge in [-0.25, -0.2) is 14.8 Å². The topological polar surface area (TPSA) is 111 Å². The molecule has 2 aromatic rings. The summed E-state index contributed by atoms with van der Waals surface area (Å²) in [6, 6.07) is 3.87. The van der Waals surface area contributed by atoms with Crippen molar-refractivity contribution in [1.82, 2.24) is 20.2 Å². The molecule has 1 saturated heterocycles. The molecule has 2 aliphatic heterocycles. The molecular formula is C34H47ClN4O5. The van der Waals surface area contributed by atoms with Gasteiger partial charge in [0, 0.05) is 10.9 Å². The summed E-state index contributed by atoms with van der Waals surface area (Å²) in [5.41, 5.74) is 0.940. The second kappa shape index (κ2) is 12.8. The highest BCUT2D eigenvalue weighted by Gasteiger charge is 2.50. The van der Waals surface area contributed by atoms with E-state index < -0.39 is 35.3 Å². The molecule has 9 nitrogen and oxygen atoms in total. The van der Waals surface area contributed by atoms with E-state index in [4.69, 9.17) is 31.0 Å². The summed E-state index contributed by atoms with van der Waals surface area (Å²) in [6.45, 7) is 11.5. The van der Waals surface area contributed by atoms with Crippen LogP contribution in [0.1, 0.15) is 98.6 Å². The number of aromatic nitrogens is 2. The van der Waals surface area contributed by atoms with Crippen LogP contribution in [0.2, 0.25) is 5.02 Å². The number of rotatable bonds is 2. The maximum absolute atomic E-state index is 14.3. The minimum atomic E-state index is -0.895. The first kappa shape index (κ1) is 32.5. The van der Waals surface area contributed by atoms with Gasteiger partial charge < -0.3 is 19.7 Å². The van der Waals surface area contributed by atoms with Crippen molar-refractivity contribution in [3.63, 3.8) is 0 Å². The van der Waals surface area contributed by atoms with Crippen LogP contribution in [0.3, 0.4) is 0 Å². The number of fused-ring (bicyclic) bond motifs is 5. The molecule has 5 rings (SSSR count). The highest BCUT2D eigenvalue weighted by Crippen LogP contribution is 2.42. The molecule has 1 aromatic carbocycles. The van der Waals surface area contributed by atoms with Crippen LogP contribution < -0.4 is 10.1 Å². The van der Waals surface area contributed by atoms with Crippen LogP contribution >= 0.6 is 11.6 Å². The lowest BCUT2D eigenvalue weighted by molar-refractivity contribution is -0.141. The van der Waals surface area contributed by atoms with Crippen LogP contribution in [0.15, 0.2) is 18.2 Å². The average Bonchev–Trinajstić information content (AvgIpc) is 3.49. The number of halogens is 1. The molecule has 3 heterocycles. The zero-order chi connectivity index (χ0) is 31.8. The lowest BCUT2D eigenvalue weighted by Crippen LogP contribution is -2.58. The number of carbonyl (C=O) groups excluding carboxylic acids is 3. The Morgan fingerprint density at radius 2 is 1.86 bits per heavy atom. The van der Waals surface area contributed by atoms with Crippen molar-refractivity contribution >= 4 is 40.4 Å². The zero-order valence-corrected chi connectivity index (χ0v) is 27.7. The molecule has 1 aliphatic carbocycles. The van der Waals surface area contributed by atoms with E-state index in [0.29, 0.717) is 29.3 Å². The molecule has 2 bridgehead atoms. The SMILES string of the molecule is CC[C@@H]1[C@@H]2CN(C(=O)[C@H](C(C)(C)C)NC(=O)O[C@]3(C)CCC[C@H]3CCCCCc3nc4ccc(Cl)cc4nc3O2)[C@@H]1C(C)=O. The first-order valence-electron chi connectivity index (χ1n) is 16.2. The van der Waals surface area contributed by atoms with Crippen LogP contribution in [-0.2, 0) is 20.7 Å². The van der Waals surface area contributed by atoms with Gasteiger partial charge in [-0.05, 0) is 88.3 Å². The predicted octanol–water partition coefficient (Wildman–Crippen LogP) is 6.67. The molecule has 1 saturated carbocycles. The number of nitrogens with one attached hydrogen (secondary N) is 1. The van der Waals surface area contributed by atoms with Gasteiger partial charge in [0.05, 0.1) is 23.6 Å². The summed E-state index contributed by atoms with van der Waals surface area (Å²) in [5, 5.41) is 3.49. The van der Waals surface area contributed by atoms with Crippen molar-refractivity contribution in [2.24, 2.45) is 17.3 Å². The molecule has 2 amide bonds. The first-order valence-corrected chi connectivity index (χ1v) is 16.6. The Hall–Kier alpha value is -2.94. The van der Waals surface area contributed by atoms with Crippen LogP contribution in [0.4, 0.5) is 4.79 Å². The average molecular weight is 627 g/mol. The Morgan fingerprint density at radius 1 is 1.11 bits per heavy atom. The van der Waals surface area contributed by atoms with Gasteiger partial charge in [0.2, 0.25) is 11.8 Å². The van der Waals surface area contributed by atoms with Crippen LogP contribution in [0.5, 0.6) is 5.88 Å². The third kappa shape index (κ3) is 6.68. The smallest absolute Gasteiger partial charge is 0.408 e. The highest BCUT2D eigenvalue weighted by atomic mass is 35.5. The number of aryl methyl sites for hydroxylation is 1. The molecule has 44 heavy (non-hydrogen) atoms. The summed E-state index contributed by atoms with van der Waals surface area (Å²) in [5.74, 6) is -0.000466. The number of nitrogens with zero attached hydrogens (tertiary/aromatic N) is 3. The van der Waals surface area contributed by atoms with E-state index in [2.05, 4.69) is 5.32 Å². The van der Waals surface area contributed by atoms with E-state index in [0.717, 1.165) is 56.2 Å². The van der Waals surface area contributed by atoms with Gasteiger partial charge in [-0.15, -0.1) is 0 Å². The molecule has 1 aromatic heterocycles. The van der Waals surface area contributed by atoms with Gasteiger partial charge in [0.15, 0.2) is 5.78 Å². The van der Waals surface area contributed by atoms with E-state index in [1.165, 1.54) is 6.92 Å². The standard InChI is InChI=1S/C34H47ClN4O5/c1-7-23-27-19-39(28(23)20(2)40)31(41)29(33(3,4)5)38-32(42)44-34(6)17-11-13-21(34)12-9-8-10-14-25-30(43-27)37-26-18-22(35)15-16-24(26)36-25/h15-16,18,21,23,27-29H,7-14,17,19H2,1-6H3,(H,38,42)/t21-,23-,27+,28-,29-,34-/m1/s1. The van der Waals surface area contributed by atoms with Crippen molar-refractivity contribution in [2.75, 3.05) is 6.54 Å². The van der Waals surface area contributed by atoms with Gasteiger partial charge >= 0.3 is 6.09 Å². The quantitative estimate of drug-likeness (QED) is 0.396. The summed E-state index contributed by atoms with van der Waals surface area (Å²) in [4.78, 5) is 52.3. The fourth-order valence-corrected chi connectivity index (χ4v) is 7.68. The Kier molecular flexibility index (Phi) is 9.45. The second-order valence-electron chi connectivity index (χ2n) is 14.2. The lowest BCUT2D eigenvalue weighted by atomic mass is 9.85. The number of Topliss-reactive ketones (excluding diaryl/α,β-unsaturated/α-hetero) is 1. The first-order chi connectivity index (χ1) is 20.8. The normalized spacial score (nSPS) is 30.4. The zero-order valence-electron chi connectivity index (χ0n) is 27.0. The van der Waals surface area contributed by atoms with E-state index in [1.807, 2.05) is 46.8 Å². The number of hydrogen-bond acceptors (Lipinski definition) is 7. The second-order valence-corrected chi connectivity index (χ2v) is 14.7. The number of amides is 2. The maximum Gasteiger partial charge on any atom is 0.408 e. The Balaban J connectivity index is 1.55. The van der Waals surface area contributed by atoms with Crippen LogP contribution in [-0.4, -0.2) is 63.0 Å². The number of carbonyl (C=O) groups is 3. The Bertz CT molecular complexity index is 1410. The van der Waals surface area contributed by atoms with Crippen LogP contribution in [0, 0.1) is 17.3 Å². The number of alkyl carbamates (subject to hydrolysis) is 1. The van der Waals surface area contributed by atoms with Crippen LogP contribution in [0.25, 0.3) is 11.0 Å². The van der Waals surface area contributed by atoms with Crippen molar-refractivity contribution in [3.8, 4) is 5.88 Å². The molecule has 10 heteroatoms. The minimum absolute atomic E-state index is 0.115. The van der Waals surface area contributed by atoms with E-state index in [-0.39, 0.29) is 30.1 Å². The van der Waals surface area contributed by atoms with Crippen molar-refractivity contribution < 1.29 is 23.9 Å². The van der Waals surface area contributed by atoms with Crippen molar-refractivity contribution in [3.05, 3.63) is 28.9 Å². The van der Waals surface area contributed by atoms with Gasteiger partial charge in [-0.2, -0.15) is 0 Å². The minimum Gasteiger partial charge on any atom is -0.471 e. The molecule has 6 atom stereocenters. The molecule has 0 unspecified atom stereocenters. The summed E-state index contributed by atoms with van der Waals surface area (Å²) >= 11 is 6.29. The van der Waals surface area contributed by atoms with Gasteiger partial charge in [-0.1, -0.05) is 52.1 Å². The predicted molar refractivity (Wildman–Crippen MR) is 170 cm³/mol. The van der Waals surface area contributed by atoms with Gasteiger partial charge in [-0.3, -0.25) is 9.59 Å². The molecule has 3 aliphatic rings. The highest BCUT2D eigenvalue weighted by molar-refractivity contribution is 6.31. The monoisotopic (exact) mass is 626 g/mol. The van der Waals surface area contributed by atoms with Crippen molar-refractivity contribution in [1.29, 1.82) is 0 Å². The summed E-state index contributed by atoms with van der Waals surface area (Å²) in [6.07, 6.45) is 6.94. The number of benzene rings is 1. The van der Waals surface area contributed by atoms with Gasteiger partial charge in [0.1, 0.15) is 23.4 Å². The molecule has 2 fully saturated rings. The van der Waals surface area contributed by atoms with Gasteiger partial charge in [0.25, 0.3) is 0 Å².